The molecule has 1 saturated heterocycles. The first-order chi connectivity index (χ1) is 19.3. The van der Waals surface area contributed by atoms with Crippen molar-refractivity contribution in [1.82, 2.24) is 9.62 Å². The second kappa shape index (κ2) is 13.5. The standard InChI is InChI=1S/C30H40N2O8S/c1-7-38-25(33)18-23-24(26(21-12-10-9-11-13-21)31-29(35)40-30(4,5)6)19-32(27(23)28(34)39-8-2)41(36,37)22-16-14-20(3)15-17-22/h9-17,23-24,26-27H,7-8,18-19H2,1-6H3,(H,31,35)/t23-,24+,26?,27+/m1/s1. The number of nitrogens with one attached hydrogen (secondary N) is 1. The smallest absolute Gasteiger partial charge is 0.408 e. The average Bonchev–Trinajstić information content (AvgIpc) is 3.27. The fourth-order valence-electron chi connectivity index (χ4n) is 5.08. The second-order valence-corrected chi connectivity index (χ2v) is 12.8. The number of rotatable bonds is 10. The van der Waals surface area contributed by atoms with Crippen LogP contribution in [0.2, 0.25) is 0 Å². The largest absolute Gasteiger partial charge is 0.466 e. The van der Waals surface area contributed by atoms with E-state index in [0.717, 1.165) is 9.87 Å². The molecule has 0 aliphatic carbocycles. The van der Waals surface area contributed by atoms with E-state index in [1.165, 1.54) is 12.1 Å². The zero-order valence-electron chi connectivity index (χ0n) is 24.5. The third kappa shape index (κ3) is 8.07. The Hall–Kier alpha value is -3.44. The number of esters is 2. The zero-order chi connectivity index (χ0) is 30.4. The highest BCUT2D eigenvalue weighted by molar-refractivity contribution is 7.89. The Morgan fingerprint density at radius 2 is 1.59 bits per heavy atom. The summed E-state index contributed by atoms with van der Waals surface area (Å²) in [5.41, 5.74) is 0.741. The Morgan fingerprint density at radius 1 is 0.976 bits per heavy atom. The third-order valence-electron chi connectivity index (χ3n) is 6.78. The molecule has 2 aromatic carbocycles. The van der Waals surface area contributed by atoms with E-state index < -0.39 is 57.6 Å². The number of benzene rings is 2. The quantitative estimate of drug-likeness (QED) is 0.320. The normalized spacial score (nSPS) is 20.2. The van der Waals surface area contributed by atoms with Crippen LogP contribution < -0.4 is 5.32 Å². The maximum atomic E-state index is 14.0. The summed E-state index contributed by atoms with van der Waals surface area (Å²) in [7, 11) is -4.22. The van der Waals surface area contributed by atoms with Gasteiger partial charge in [0.25, 0.3) is 0 Å². The van der Waals surface area contributed by atoms with E-state index in [1.807, 2.05) is 13.0 Å². The highest BCUT2D eigenvalue weighted by Crippen LogP contribution is 2.43. The van der Waals surface area contributed by atoms with Gasteiger partial charge in [0.05, 0.1) is 30.6 Å². The van der Waals surface area contributed by atoms with Crippen LogP contribution in [-0.4, -0.2) is 62.2 Å². The predicted molar refractivity (Wildman–Crippen MR) is 152 cm³/mol. The van der Waals surface area contributed by atoms with Gasteiger partial charge in [-0.25, -0.2) is 13.2 Å². The summed E-state index contributed by atoms with van der Waals surface area (Å²) in [6, 6.07) is 13.1. The molecular formula is C30H40N2O8S. The van der Waals surface area contributed by atoms with Gasteiger partial charge in [0.15, 0.2) is 0 Å². The average molecular weight is 589 g/mol. The lowest BCUT2D eigenvalue weighted by atomic mass is 9.80. The van der Waals surface area contributed by atoms with Gasteiger partial charge in [0, 0.05) is 18.4 Å². The molecule has 224 valence electrons. The summed E-state index contributed by atoms with van der Waals surface area (Å²) in [6.45, 7) is 10.3. The molecule has 2 aromatic rings. The van der Waals surface area contributed by atoms with Crippen LogP contribution in [0.5, 0.6) is 0 Å². The molecule has 11 heteroatoms. The molecule has 41 heavy (non-hydrogen) atoms. The monoisotopic (exact) mass is 588 g/mol. The Labute approximate surface area is 242 Å². The first-order valence-corrected chi connectivity index (χ1v) is 15.2. The molecule has 1 N–H and O–H groups in total. The van der Waals surface area contributed by atoms with Gasteiger partial charge in [-0.1, -0.05) is 48.0 Å². The first kappa shape index (κ1) is 32.1. The van der Waals surface area contributed by atoms with Crippen molar-refractivity contribution in [2.75, 3.05) is 19.8 Å². The van der Waals surface area contributed by atoms with Crippen molar-refractivity contribution in [3.63, 3.8) is 0 Å². The van der Waals surface area contributed by atoms with Gasteiger partial charge in [-0.05, 0) is 59.2 Å². The number of hydrogen-bond acceptors (Lipinski definition) is 8. The number of hydrogen-bond donors (Lipinski definition) is 1. The Balaban J connectivity index is 2.17. The summed E-state index contributed by atoms with van der Waals surface area (Å²) in [5.74, 6) is -2.96. The van der Waals surface area contributed by atoms with Crippen molar-refractivity contribution in [3.05, 3.63) is 65.7 Å². The molecule has 0 radical (unpaired) electrons. The maximum Gasteiger partial charge on any atom is 0.408 e. The van der Waals surface area contributed by atoms with Gasteiger partial charge in [-0.3, -0.25) is 9.59 Å². The summed E-state index contributed by atoms with van der Waals surface area (Å²) in [6.07, 6.45) is -0.977. The number of amides is 1. The van der Waals surface area contributed by atoms with Gasteiger partial charge in [-0.2, -0.15) is 4.31 Å². The number of sulfonamides is 1. The van der Waals surface area contributed by atoms with Crippen LogP contribution in [0.4, 0.5) is 4.79 Å². The lowest BCUT2D eigenvalue weighted by molar-refractivity contribution is -0.150. The highest BCUT2D eigenvalue weighted by atomic mass is 32.2. The molecule has 1 amide bonds. The minimum atomic E-state index is -4.22. The molecular weight excluding hydrogens is 548 g/mol. The van der Waals surface area contributed by atoms with Crippen molar-refractivity contribution in [3.8, 4) is 0 Å². The number of nitrogens with zero attached hydrogens (tertiary/aromatic N) is 1. The number of carbonyl (C=O) groups excluding carboxylic acids is 3. The summed E-state index contributed by atoms with van der Waals surface area (Å²) >= 11 is 0. The van der Waals surface area contributed by atoms with Crippen LogP contribution in [-0.2, 0) is 33.8 Å². The van der Waals surface area contributed by atoms with Gasteiger partial charge >= 0.3 is 18.0 Å². The lowest BCUT2D eigenvalue weighted by Crippen LogP contribution is -2.45. The van der Waals surface area contributed by atoms with E-state index in [1.54, 1.807) is 71.0 Å². The van der Waals surface area contributed by atoms with Crippen molar-refractivity contribution in [2.45, 2.75) is 70.5 Å². The highest BCUT2D eigenvalue weighted by Gasteiger charge is 2.54. The summed E-state index contributed by atoms with van der Waals surface area (Å²) in [5, 5.41) is 2.89. The van der Waals surface area contributed by atoms with Crippen LogP contribution in [0.25, 0.3) is 0 Å². The summed E-state index contributed by atoms with van der Waals surface area (Å²) < 4.78 is 45.2. The van der Waals surface area contributed by atoms with E-state index in [9.17, 15) is 22.8 Å². The van der Waals surface area contributed by atoms with Crippen molar-refractivity contribution < 1.29 is 37.0 Å². The minimum Gasteiger partial charge on any atom is -0.466 e. The molecule has 1 heterocycles. The number of carbonyl (C=O) groups is 3. The fraction of sp³-hybridized carbons (Fsp3) is 0.500. The van der Waals surface area contributed by atoms with Crippen LogP contribution in [0.15, 0.2) is 59.5 Å². The molecule has 4 atom stereocenters. The second-order valence-electron chi connectivity index (χ2n) is 11.0. The Kier molecular flexibility index (Phi) is 10.5. The van der Waals surface area contributed by atoms with E-state index in [-0.39, 0.29) is 31.1 Å². The number of alkyl carbamates (subject to hydrolysis) is 1. The van der Waals surface area contributed by atoms with E-state index in [2.05, 4.69) is 5.32 Å². The molecule has 1 aliphatic heterocycles. The van der Waals surface area contributed by atoms with Gasteiger partial charge < -0.3 is 19.5 Å². The predicted octanol–water partition coefficient (Wildman–Crippen LogP) is 4.38. The molecule has 10 nitrogen and oxygen atoms in total. The molecule has 0 spiro atoms. The van der Waals surface area contributed by atoms with Crippen LogP contribution in [0.1, 0.15) is 58.2 Å². The maximum absolute atomic E-state index is 14.0. The van der Waals surface area contributed by atoms with Gasteiger partial charge in [0.2, 0.25) is 10.0 Å². The minimum absolute atomic E-state index is 0.00398. The zero-order valence-corrected chi connectivity index (χ0v) is 25.3. The molecule has 3 rings (SSSR count). The van der Waals surface area contributed by atoms with E-state index in [0.29, 0.717) is 5.56 Å². The van der Waals surface area contributed by atoms with Gasteiger partial charge in [0.1, 0.15) is 11.6 Å². The van der Waals surface area contributed by atoms with Crippen molar-refractivity contribution in [2.24, 2.45) is 11.8 Å². The van der Waals surface area contributed by atoms with Crippen molar-refractivity contribution in [1.29, 1.82) is 0 Å². The van der Waals surface area contributed by atoms with Crippen LogP contribution in [0, 0.1) is 18.8 Å². The Morgan fingerprint density at radius 3 is 2.15 bits per heavy atom. The van der Waals surface area contributed by atoms with Crippen molar-refractivity contribution >= 4 is 28.1 Å². The molecule has 0 bridgehead atoms. The molecule has 1 unspecified atom stereocenters. The SMILES string of the molecule is CCOC(=O)C[C@@H]1[C@@H](C(NC(=O)OC(C)(C)C)c2ccccc2)CN(S(=O)(=O)c2ccc(C)cc2)[C@@H]1C(=O)OCC. The molecule has 0 aromatic heterocycles. The van der Waals surface area contributed by atoms with Crippen LogP contribution >= 0.6 is 0 Å². The van der Waals surface area contributed by atoms with E-state index >= 15 is 0 Å². The van der Waals surface area contributed by atoms with E-state index in [4.69, 9.17) is 14.2 Å². The molecule has 1 aliphatic rings. The Bertz CT molecular complexity index is 1310. The lowest BCUT2D eigenvalue weighted by Gasteiger charge is -2.31. The summed E-state index contributed by atoms with van der Waals surface area (Å²) in [4.78, 5) is 39.3. The first-order valence-electron chi connectivity index (χ1n) is 13.7. The fourth-order valence-corrected chi connectivity index (χ4v) is 6.74. The van der Waals surface area contributed by atoms with Gasteiger partial charge in [-0.15, -0.1) is 0 Å². The topological polar surface area (TPSA) is 128 Å². The molecule has 0 saturated carbocycles. The van der Waals surface area contributed by atoms with Crippen LogP contribution in [0.3, 0.4) is 0 Å². The molecule has 1 fully saturated rings. The number of aryl methyl sites for hydroxylation is 1. The third-order valence-corrected chi connectivity index (χ3v) is 8.64. The number of ether oxygens (including phenoxy) is 3.